The molecule has 3 saturated heterocycles. The van der Waals surface area contributed by atoms with Crippen molar-refractivity contribution < 1.29 is 29.0 Å². The molecule has 3 aliphatic rings. The first-order chi connectivity index (χ1) is 21.6. The molecule has 1 N–H and O–H groups in total. The smallest absolute Gasteiger partial charge is 0.253 e. The summed E-state index contributed by atoms with van der Waals surface area (Å²) in [7, 11) is 0. The number of ether oxygens (including phenoxy) is 2. The van der Waals surface area contributed by atoms with Gasteiger partial charge in [0.25, 0.3) is 5.91 Å². The average Bonchev–Trinajstić information content (AvgIpc) is 3.63. The molecule has 0 aromatic heterocycles. The Kier molecular flexibility index (Phi) is 9.44. The van der Waals surface area contributed by atoms with E-state index in [4.69, 9.17) is 21.1 Å². The average molecular weight is 636 g/mol. The number of carbonyl (C=O) groups is 3. The number of benzene rings is 2. The SMILES string of the molecule is C=CCN(C(=O)[C@@H]1[C@H]2C(=O)N(CCO)C(C(=O)N(CC=C)c3c(C)cccc3Cl)C23CC[C@@]1(CC)O3)c1ccc(OCC)cc1. The van der Waals surface area contributed by atoms with Gasteiger partial charge in [-0.1, -0.05) is 42.8 Å². The second-order valence-corrected chi connectivity index (χ2v) is 12.3. The highest BCUT2D eigenvalue weighted by Gasteiger charge is 2.79. The van der Waals surface area contributed by atoms with E-state index in [2.05, 4.69) is 13.2 Å². The number of likely N-dealkylation sites (tertiary alicyclic amines) is 1. The number of aliphatic hydroxyl groups is 1. The number of amides is 3. The number of hydrogen-bond acceptors (Lipinski definition) is 6. The molecule has 3 aliphatic heterocycles. The number of aryl methyl sites for hydroxylation is 1. The second-order valence-electron chi connectivity index (χ2n) is 11.9. The van der Waals surface area contributed by atoms with E-state index in [1.165, 1.54) is 4.90 Å². The van der Waals surface area contributed by atoms with E-state index >= 15 is 0 Å². The number of rotatable bonds is 13. The van der Waals surface area contributed by atoms with Gasteiger partial charge in [-0.25, -0.2) is 0 Å². The zero-order chi connectivity index (χ0) is 32.5. The van der Waals surface area contributed by atoms with Crippen molar-refractivity contribution in [3.05, 3.63) is 78.4 Å². The lowest BCUT2D eigenvalue weighted by molar-refractivity contribution is -0.146. The molecule has 240 valence electrons. The fourth-order valence-corrected chi connectivity index (χ4v) is 8.09. The summed E-state index contributed by atoms with van der Waals surface area (Å²) in [5, 5.41) is 10.5. The van der Waals surface area contributed by atoms with E-state index in [1.807, 2.05) is 45.0 Å². The van der Waals surface area contributed by atoms with E-state index in [0.29, 0.717) is 48.0 Å². The Morgan fingerprint density at radius 1 is 1.09 bits per heavy atom. The number of halogens is 1. The van der Waals surface area contributed by atoms with E-state index < -0.39 is 29.1 Å². The van der Waals surface area contributed by atoms with Crippen LogP contribution in [0.5, 0.6) is 5.75 Å². The molecule has 3 heterocycles. The first kappa shape index (κ1) is 32.7. The molecule has 3 amide bonds. The van der Waals surface area contributed by atoms with E-state index in [1.54, 1.807) is 40.2 Å². The van der Waals surface area contributed by atoms with Crippen LogP contribution in [0.3, 0.4) is 0 Å². The van der Waals surface area contributed by atoms with Crippen molar-refractivity contribution in [2.24, 2.45) is 11.8 Å². The molecule has 0 aliphatic carbocycles. The fourth-order valence-electron chi connectivity index (χ4n) is 7.76. The number of nitrogens with zero attached hydrogens (tertiary/aromatic N) is 3. The minimum atomic E-state index is -1.26. The maximum absolute atomic E-state index is 14.8. The molecule has 10 heteroatoms. The predicted molar refractivity (Wildman–Crippen MR) is 175 cm³/mol. The van der Waals surface area contributed by atoms with Gasteiger partial charge in [-0.2, -0.15) is 0 Å². The molecule has 45 heavy (non-hydrogen) atoms. The summed E-state index contributed by atoms with van der Waals surface area (Å²) in [4.78, 5) is 48.5. The predicted octanol–water partition coefficient (Wildman–Crippen LogP) is 4.93. The molecule has 2 aromatic carbocycles. The largest absolute Gasteiger partial charge is 0.494 e. The van der Waals surface area contributed by atoms with Crippen LogP contribution < -0.4 is 14.5 Å². The van der Waals surface area contributed by atoms with Crippen molar-refractivity contribution in [2.45, 2.75) is 57.3 Å². The number of anilines is 2. The van der Waals surface area contributed by atoms with Gasteiger partial charge in [-0.3, -0.25) is 14.4 Å². The summed E-state index contributed by atoms with van der Waals surface area (Å²) in [6.45, 7) is 13.9. The lowest BCUT2D eigenvalue weighted by Gasteiger charge is -2.37. The van der Waals surface area contributed by atoms with Crippen molar-refractivity contribution in [3.63, 3.8) is 0 Å². The van der Waals surface area contributed by atoms with Crippen LogP contribution in [0, 0.1) is 18.8 Å². The van der Waals surface area contributed by atoms with Crippen LogP contribution in [0.4, 0.5) is 11.4 Å². The van der Waals surface area contributed by atoms with Crippen molar-refractivity contribution in [1.82, 2.24) is 4.90 Å². The maximum Gasteiger partial charge on any atom is 0.253 e. The molecular formula is C35H42ClN3O6. The fraction of sp³-hybridized carbons (Fsp3) is 0.457. The van der Waals surface area contributed by atoms with Crippen LogP contribution in [0.2, 0.25) is 5.02 Å². The molecule has 5 atom stereocenters. The maximum atomic E-state index is 14.8. The Morgan fingerprint density at radius 2 is 1.78 bits per heavy atom. The normalized spacial score (nSPS) is 26.5. The van der Waals surface area contributed by atoms with Crippen LogP contribution >= 0.6 is 11.6 Å². The number of para-hydroxylation sites is 1. The molecule has 1 spiro atoms. The molecule has 3 fully saturated rings. The lowest BCUT2D eigenvalue weighted by atomic mass is 9.64. The summed E-state index contributed by atoms with van der Waals surface area (Å²) >= 11 is 6.64. The minimum Gasteiger partial charge on any atom is -0.494 e. The lowest BCUT2D eigenvalue weighted by Crippen LogP contribution is -2.57. The summed E-state index contributed by atoms with van der Waals surface area (Å²) in [6, 6.07) is 11.6. The van der Waals surface area contributed by atoms with E-state index in [9.17, 15) is 19.5 Å². The highest BCUT2D eigenvalue weighted by Crippen LogP contribution is 2.64. The van der Waals surface area contributed by atoms with Gasteiger partial charge in [0.05, 0.1) is 41.4 Å². The first-order valence-electron chi connectivity index (χ1n) is 15.6. The molecule has 2 unspecified atom stereocenters. The summed E-state index contributed by atoms with van der Waals surface area (Å²) in [6.07, 6.45) is 4.68. The number of aliphatic hydroxyl groups excluding tert-OH is 1. The van der Waals surface area contributed by atoms with E-state index in [0.717, 1.165) is 5.56 Å². The molecule has 2 bridgehead atoms. The molecule has 0 radical (unpaired) electrons. The Balaban J connectivity index is 1.60. The number of carbonyl (C=O) groups excluding carboxylic acids is 3. The van der Waals surface area contributed by atoms with Crippen molar-refractivity contribution in [3.8, 4) is 5.75 Å². The molecular weight excluding hydrogens is 594 g/mol. The van der Waals surface area contributed by atoms with Crippen LogP contribution in [0.1, 0.15) is 38.7 Å². The van der Waals surface area contributed by atoms with Gasteiger partial charge in [0.1, 0.15) is 17.4 Å². The van der Waals surface area contributed by atoms with Gasteiger partial charge in [0.15, 0.2) is 0 Å². The number of β-amino-alcohol motifs (C(OH)–C–C–N with tert-alkyl or cyclic N) is 1. The zero-order valence-corrected chi connectivity index (χ0v) is 27.0. The van der Waals surface area contributed by atoms with Crippen LogP contribution in [-0.4, -0.2) is 77.8 Å². The minimum absolute atomic E-state index is 0.0738. The Hall–Kier alpha value is -3.66. The monoisotopic (exact) mass is 635 g/mol. The van der Waals surface area contributed by atoms with Crippen LogP contribution in [0.15, 0.2) is 67.8 Å². The highest BCUT2D eigenvalue weighted by molar-refractivity contribution is 6.34. The van der Waals surface area contributed by atoms with E-state index in [-0.39, 0.29) is 44.0 Å². The summed E-state index contributed by atoms with van der Waals surface area (Å²) < 4.78 is 12.5. The topological polar surface area (TPSA) is 99.6 Å². The van der Waals surface area contributed by atoms with Crippen molar-refractivity contribution in [2.75, 3.05) is 42.6 Å². The summed E-state index contributed by atoms with van der Waals surface area (Å²) in [5.41, 5.74) is -0.237. The zero-order valence-electron chi connectivity index (χ0n) is 26.2. The summed E-state index contributed by atoms with van der Waals surface area (Å²) in [5.74, 6) is -2.08. The number of hydrogen-bond donors (Lipinski definition) is 1. The third-order valence-electron chi connectivity index (χ3n) is 9.59. The Labute approximate surface area is 270 Å². The second kappa shape index (κ2) is 13.0. The van der Waals surface area contributed by atoms with Gasteiger partial charge in [-0.05, 0) is 69.0 Å². The highest BCUT2D eigenvalue weighted by atomic mass is 35.5. The van der Waals surface area contributed by atoms with Crippen molar-refractivity contribution in [1.29, 1.82) is 0 Å². The third kappa shape index (κ3) is 5.24. The number of fused-ring (bicyclic) bond motifs is 1. The standard InChI is InChI=1S/C35H42ClN3O6/c1-6-19-37(24-13-15-25(16-14-24)44-9-4)31(41)27-28-32(42)39(21-22-40)30(35(28)18-17-34(27,8-3)45-35)33(43)38(20-7-2)29-23(5)11-10-12-26(29)36/h6-7,10-16,27-28,30,40H,1-2,8-9,17-22H2,3-5H3/t27-,28-,30?,34+,35?/m0/s1. The van der Waals surface area contributed by atoms with Crippen molar-refractivity contribution >= 4 is 40.7 Å². The van der Waals surface area contributed by atoms with Gasteiger partial charge in [0, 0.05) is 25.3 Å². The Morgan fingerprint density at radius 3 is 2.38 bits per heavy atom. The first-order valence-corrected chi connectivity index (χ1v) is 16.0. The molecule has 2 aromatic rings. The quantitative estimate of drug-likeness (QED) is 0.313. The van der Waals surface area contributed by atoms with Gasteiger partial charge in [0.2, 0.25) is 11.8 Å². The molecule has 0 saturated carbocycles. The molecule has 5 rings (SSSR count). The van der Waals surface area contributed by atoms with Gasteiger partial charge >= 0.3 is 0 Å². The van der Waals surface area contributed by atoms with Gasteiger partial charge < -0.3 is 29.3 Å². The Bertz CT molecular complexity index is 1460. The van der Waals surface area contributed by atoms with Crippen LogP contribution in [0.25, 0.3) is 0 Å². The van der Waals surface area contributed by atoms with Crippen LogP contribution in [-0.2, 0) is 19.1 Å². The van der Waals surface area contributed by atoms with Gasteiger partial charge in [-0.15, -0.1) is 13.2 Å². The molecule has 9 nitrogen and oxygen atoms in total. The third-order valence-corrected chi connectivity index (χ3v) is 9.90.